The Morgan fingerprint density at radius 3 is 1.93 bits per heavy atom. The van der Waals surface area contributed by atoms with Crippen LogP contribution in [0.15, 0.2) is 71.2 Å². The topological polar surface area (TPSA) is 83.8 Å². The van der Waals surface area contributed by atoms with E-state index in [1.54, 1.807) is 13.8 Å². The van der Waals surface area contributed by atoms with Crippen molar-refractivity contribution < 1.29 is 24.5 Å². The molecule has 3 rings (SSSR count). The zero-order valence-electron chi connectivity index (χ0n) is 16.8. The third-order valence-corrected chi connectivity index (χ3v) is 4.98. The van der Waals surface area contributed by atoms with Gasteiger partial charge in [0.2, 0.25) is 0 Å². The third kappa shape index (κ3) is 6.19. The number of ether oxygens (including phenoxy) is 1. The maximum atomic E-state index is 11.1. The Labute approximate surface area is 184 Å². The molecule has 0 aliphatic rings. The summed E-state index contributed by atoms with van der Waals surface area (Å²) in [5.74, 6) is -1.30. The van der Waals surface area contributed by atoms with Crippen LogP contribution in [-0.4, -0.2) is 22.2 Å². The molecule has 30 heavy (non-hydrogen) atoms. The number of hydrogen-bond acceptors (Lipinski definition) is 3. The predicted molar refractivity (Wildman–Crippen MR) is 119 cm³/mol. The summed E-state index contributed by atoms with van der Waals surface area (Å²) in [5.41, 5.74) is 2.22. The summed E-state index contributed by atoms with van der Waals surface area (Å²) in [4.78, 5) is 22.1. The first-order valence-electron chi connectivity index (χ1n) is 9.35. The van der Waals surface area contributed by atoms with Gasteiger partial charge in [-0.1, -0.05) is 55.5 Å². The molecule has 0 aliphatic carbocycles. The minimum absolute atomic E-state index is 0.0329. The third-order valence-electron chi connectivity index (χ3n) is 4.35. The molecule has 0 spiro atoms. The summed E-state index contributed by atoms with van der Waals surface area (Å²) in [7, 11) is 0. The van der Waals surface area contributed by atoms with E-state index in [0.29, 0.717) is 28.6 Å². The number of carboxylic acids is 2. The number of carbonyl (C=O) groups is 2. The molecule has 0 unspecified atom stereocenters. The normalized spacial score (nSPS) is 9.97. The number of aryl methyl sites for hydroxylation is 1. The van der Waals surface area contributed by atoms with Crippen LogP contribution in [-0.2, 0) is 13.0 Å². The Balaban J connectivity index is 0.000000215. The molecule has 0 atom stereocenters. The highest BCUT2D eigenvalue weighted by Gasteiger charge is 2.22. The van der Waals surface area contributed by atoms with Crippen molar-refractivity contribution in [3.8, 4) is 5.75 Å². The van der Waals surface area contributed by atoms with E-state index in [4.69, 9.17) is 14.9 Å². The molecular weight excluding hydrogens is 448 g/mol. The standard InChI is InChI=1S/C13H12O.C11H11BrO4/c1-3-7-12(8-4-1)11-14-13-9-5-2-6-10-13;1-3-6-8(10(13)14)5(2)4-7(12)9(6)11(15)16/h1-10H,11H2;4H,3H2,1-2H3,(H,13,14)(H,15,16). The average Bonchev–Trinajstić information content (AvgIpc) is 2.73. The lowest BCUT2D eigenvalue weighted by Gasteiger charge is -2.12. The second-order valence-electron chi connectivity index (χ2n) is 6.46. The molecule has 0 heterocycles. The van der Waals surface area contributed by atoms with E-state index in [2.05, 4.69) is 28.1 Å². The molecule has 2 N–H and O–H groups in total. The molecule has 0 bridgehead atoms. The van der Waals surface area contributed by atoms with Crippen LogP contribution >= 0.6 is 15.9 Å². The highest BCUT2D eigenvalue weighted by atomic mass is 79.9. The van der Waals surface area contributed by atoms with Crippen molar-refractivity contribution in [2.45, 2.75) is 26.9 Å². The lowest BCUT2D eigenvalue weighted by atomic mass is 9.95. The van der Waals surface area contributed by atoms with E-state index in [1.807, 2.05) is 48.5 Å². The van der Waals surface area contributed by atoms with Crippen molar-refractivity contribution in [2.24, 2.45) is 0 Å². The van der Waals surface area contributed by atoms with E-state index in [0.717, 1.165) is 5.75 Å². The Morgan fingerprint density at radius 1 is 0.900 bits per heavy atom. The fourth-order valence-electron chi connectivity index (χ4n) is 2.98. The van der Waals surface area contributed by atoms with Crippen LogP contribution in [0.5, 0.6) is 5.75 Å². The van der Waals surface area contributed by atoms with Gasteiger partial charge in [-0.2, -0.15) is 0 Å². The maximum absolute atomic E-state index is 11.1. The van der Waals surface area contributed by atoms with Gasteiger partial charge in [-0.15, -0.1) is 0 Å². The molecule has 0 fully saturated rings. The number of para-hydroxylation sites is 1. The quantitative estimate of drug-likeness (QED) is 0.462. The summed E-state index contributed by atoms with van der Waals surface area (Å²) >= 11 is 3.15. The molecule has 5 nitrogen and oxygen atoms in total. The monoisotopic (exact) mass is 470 g/mol. The molecule has 3 aromatic rings. The second kappa shape index (κ2) is 11.2. The van der Waals surface area contributed by atoms with Gasteiger partial charge in [-0.05, 0) is 64.2 Å². The second-order valence-corrected chi connectivity index (χ2v) is 7.31. The molecule has 0 radical (unpaired) electrons. The molecule has 0 amide bonds. The first-order chi connectivity index (χ1) is 14.3. The minimum atomic E-state index is -1.12. The summed E-state index contributed by atoms with van der Waals surface area (Å²) in [5, 5.41) is 18.1. The number of aromatic carboxylic acids is 2. The van der Waals surface area contributed by atoms with Crippen LogP contribution in [0.2, 0.25) is 0 Å². The van der Waals surface area contributed by atoms with Crippen LogP contribution in [0.1, 0.15) is 44.3 Å². The van der Waals surface area contributed by atoms with Crippen LogP contribution in [0.25, 0.3) is 0 Å². The Kier molecular flexibility index (Phi) is 8.62. The van der Waals surface area contributed by atoms with Crippen molar-refractivity contribution in [1.29, 1.82) is 0 Å². The van der Waals surface area contributed by atoms with Crippen LogP contribution in [0.4, 0.5) is 0 Å². The van der Waals surface area contributed by atoms with Gasteiger partial charge in [-0.3, -0.25) is 0 Å². The van der Waals surface area contributed by atoms with E-state index in [9.17, 15) is 9.59 Å². The smallest absolute Gasteiger partial charge is 0.337 e. The number of benzene rings is 3. The summed E-state index contributed by atoms with van der Waals surface area (Å²) in [6.45, 7) is 4.02. The Hall–Kier alpha value is -3.12. The maximum Gasteiger partial charge on any atom is 0.337 e. The summed E-state index contributed by atoms with van der Waals surface area (Å²) in [6.07, 6.45) is 0.365. The van der Waals surface area contributed by atoms with E-state index < -0.39 is 11.9 Å². The SMILES string of the molecule is CCc1c(C(=O)O)c(C)cc(Br)c1C(=O)O.c1ccc(COc2ccccc2)cc1. The van der Waals surface area contributed by atoms with Gasteiger partial charge in [0.15, 0.2) is 0 Å². The average molecular weight is 471 g/mol. The molecule has 3 aromatic carbocycles. The van der Waals surface area contributed by atoms with E-state index in [-0.39, 0.29) is 11.1 Å². The Bertz CT molecular complexity index is 923. The predicted octanol–water partition coefficient (Wildman–Crippen LogP) is 5.98. The highest BCUT2D eigenvalue weighted by Crippen LogP contribution is 2.28. The van der Waals surface area contributed by atoms with Crippen molar-refractivity contribution in [3.63, 3.8) is 0 Å². The van der Waals surface area contributed by atoms with Gasteiger partial charge < -0.3 is 14.9 Å². The fourth-order valence-corrected chi connectivity index (χ4v) is 3.73. The van der Waals surface area contributed by atoms with Crippen molar-refractivity contribution in [3.05, 3.63) is 99.0 Å². The van der Waals surface area contributed by atoms with Crippen LogP contribution < -0.4 is 4.74 Å². The molecule has 0 saturated carbocycles. The molecule has 0 aliphatic heterocycles. The zero-order valence-corrected chi connectivity index (χ0v) is 18.3. The first-order valence-corrected chi connectivity index (χ1v) is 10.1. The lowest BCUT2D eigenvalue weighted by molar-refractivity contribution is 0.0694. The Morgan fingerprint density at radius 2 is 1.43 bits per heavy atom. The van der Waals surface area contributed by atoms with Crippen molar-refractivity contribution in [1.82, 2.24) is 0 Å². The first kappa shape index (κ1) is 23.2. The van der Waals surface area contributed by atoms with E-state index >= 15 is 0 Å². The largest absolute Gasteiger partial charge is 0.489 e. The van der Waals surface area contributed by atoms with Gasteiger partial charge >= 0.3 is 11.9 Å². The lowest BCUT2D eigenvalue weighted by Crippen LogP contribution is -2.12. The number of rotatable bonds is 6. The zero-order chi connectivity index (χ0) is 22.1. The van der Waals surface area contributed by atoms with Gasteiger partial charge in [-0.25, -0.2) is 9.59 Å². The number of halogens is 1. The van der Waals surface area contributed by atoms with E-state index in [1.165, 1.54) is 11.6 Å². The van der Waals surface area contributed by atoms with Gasteiger partial charge in [0.25, 0.3) is 0 Å². The number of carboxylic acid groups (broad SMARTS) is 2. The van der Waals surface area contributed by atoms with Crippen molar-refractivity contribution in [2.75, 3.05) is 0 Å². The molecule has 0 aromatic heterocycles. The number of hydrogen-bond donors (Lipinski definition) is 2. The van der Waals surface area contributed by atoms with Crippen molar-refractivity contribution >= 4 is 27.9 Å². The minimum Gasteiger partial charge on any atom is -0.489 e. The molecule has 0 saturated heterocycles. The van der Waals surface area contributed by atoms with Crippen LogP contribution in [0, 0.1) is 6.92 Å². The van der Waals surface area contributed by atoms with Gasteiger partial charge in [0.1, 0.15) is 12.4 Å². The molecule has 6 heteroatoms. The van der Waals surface area contributed by atoms with Gasteiger partial charge in [0, 0.05) is 4.47 Å². The molecule has 156 valence electrons. The van der Waals surface area contributed by atoms with Crippen LogP contribution in [0.3, 0.4) is 0 Å². The molecular formula is C24H23BrO5. The summed E-state index contributed by atoms with van der Waals surface area (Å²) < 4.78 is 6.01. The van der Waals surface area contributed by atoms with Gasteiger partial charge in [0.05, 0.1) is 11.1 Å². The summed E-state index contributed by atoms with van der Waals surface area (Å²) in [6, 6.07) is 21.5. The fraction of sp³-hybridized carbons (Fsp3) is 0.167. The highest BCUT2D eigenvalue weighted by molar-refractivity contribution is 9.10.